The quantitative estimate of drug-likeness (QED) is 0.147. The van der Waals surface area contributed by atoms with Crippen LogP contribution in [-0.2, 0) is 40.6 Å². The molecular formula is C29H36N6O7. The molecule has 2 heterocycles. The molecule has 0 aliphatic carbocycles. The zero-order valence-electron chi connectivity index (χ0n) is 23.9. The van der Waals surface area contributed by atoms with Crippen molar-refractivity contribution in [3.63, 3.8) is 0 Å². The SMILES string of the molecule is CC(C)C(=O)NC(=NC=N)c1ccc([C@]2(C#N)O[C@H](COC(=O)Cc3ccccc3)[C@@H](OC(=O)[C@@H](N)C(C)C)[C@H]2O)[nH]1. The maximum atomic E-state index is 12.8. The second-order valence-electron chi connectivity index (χ2n) is 10.5. The number of esters is 2. The summed E-state index contributed by atoms with van der Waals surface area (Å²) in [5.41, 5.74) is 4.85. The highest BCUT2D eigenvalue weighted by atomic mass is 16.6. The van der Waals surface area contributed by atoms with Crippen LogP contribution in [-0.4, -0.2) is 71.1 Å². The topological polar surface area (TPSA) is 213 Å². The molecule has 13 nitrogen and oxygen atoms in total. The monoisotopic (exact) mass is 580 g/mol. The Kier molecular flexibility index (Phi) is 10.7. The first-order valence-corrected chi connectivity index (χ1v) is 13.4. The van der Waals surface area contributed by atoms with Crippen LogP contribution in [0.5, 0.6) is 0 Å². The van der Waals surface area contributed by atoms with Gasteiger partial charge in [-0.25, -0.2) is 4.99 Å². The molecule has 3 rings (SSSR count). The van der Waals surface area contributed by atoms with Gasteiger partial charge in [-0.3, -0.25) is 19.8 Å². The number of ether oxygens (including phenoxy) is 3. The molecule has 42 heavy (non-hydrogen) atoms. The lowest BCUT2D eigenvalue weighted by molar-refractivity contribution is -0.162. The third kappa shape index (κ3) is 7.27. The summed E-state index contributed by atoms with van der Waals surface area (Å²) < 4.78 is 17.0. The molecule has 0 spiro atoms. The van der Waals surface area contributed by atoms with Crippen molar-refractivity contribution in [2.24, 2.45) is 22.6 Å². The molecule has 224 valence electrons. The van der Waals surface area contributed by atoms with Gasteiger partial charge in [0, 0.05) is 5.92 Å². The van der Waals surface area contributed by atoms with E-state index in [2.05, 4.69) is 15.3 Å². The van der Waals surface area contributed by atoms with E-state index in [9.17, 15) is 24.8 Å². The van der Waals surface area contributed by atoms with Gasteiger partial charge < -0.3 is 35.4 Å². The fraction of sp³-hybridized carbons (Fsp3) is 0.448. The van der Waals surface area contributed by atoms with E-state index in [0.29, 0.717) is 0 Å². The molecule has 1 aliphatic rings. The number of H-pyrrole nitrogens is 1. The largest absolute Gasteiger partial charge is 0.463 e. The number of carbonyl (C=O) groups excluding carboxylic acids is 3. The molecule has 1 fully saturated rings. The Morgan fingerprint density at radius 1 is 1.24 bits per heavy atom. The average Bonchev–Trinajstić information content (AvgIpc) is 3.55. The van der Waals surface area contributed by atoms with E-state index in [1.54, 1.807) is 52.0 Å². The summed E-state index contributed by atoms with van der Waals surface area (Å²) in [6, 6.07) is 12.8. The molecule has 1 aliphatic heterocycles. The van der Waals surface area contributed by atoms with Crippen molar-refractivity contribution in [2.45, 2.75) is 64.1 Å². The van der Waals surface area contributed by atoms with Gasteiger partial charge in [0.05, 0.1) is 17.8 Å². The molecule has 1 aromatic heterocycles. The molecule has 2 aromatic rings. The maximum Gasteiger partial charge on any atom is 0.323 e. The number of nitrogens with zero attached hydrogens (tertiary/aromatic N) is 2. The molecule has 0 bridgehead atoms. The van der Waals surface area contributed by atoms with Crippen molar-refractivity contribution in [2.75, 3.05) is 6.61 Å². The number of nitrogens with one attached hydrogen (secondary N) is 3. The van der Waals surface area contributed by atoms with Crippen molar-refractivity contribution in [3.05, 3.63) is 59.4 Å². The van der Waals surface area contributed by atoms with E-state index < -0.39 is 48.5 Å². The summed E-state index contributed by atoms with van der Waals surface area (Å²) in [6.07, 6.45) is -3.67. The Morgan fingerprint density at radius 2 is 1.93 bits per heavy atom. The summed E-state index contributed by atoms with van der Waals surface area (Å²) in [4.78, 5) is 44.4. The number of amidine groups is 1. The smallest absolute Gasteiger partial charge is 0.323 e. The highest BCUT2D eigenvalue weighted by Crippen LogP contribution is 2.41. The van der Waals surface area contributed by atoms with E-state index in [1.807, 2.05) is 12.1 Å². The van der Waals surface area contributed by atoms with Crippen LogP contribution in [0.15, 0.2) is 47.5 Å². The Labute approximate surface area is 243 Å². The molecule has 13 heteroatoms. The van der Waals surface area contributed by atoms with Gasteiger partial charge in [0.1, 0.15) is 37.3 Å². The molecule has 6 N–H and O–H groups in total. The van der Waals surface area contributed by atoms with Crippen molar-refractivity contribution < 1.29 is 33.7 Å². The van der Waals surface area contributed by atoms with Crippen LogP contribution in [0.1, 0.15) is 44.6 Å². The number of aliphatic hydroxyl groups excluding tert-OH is 1. The Hall–Kier alpha value is -4.38. The first-order chi connectivity index (χ1) is 19.9. The second-order valence-corrected chi connectivity index (χ2v) is 10.5. The number of aromatic nitrogens is 1. The first kappa shape index (κ1) is 32.1. The van der Waals surface area contributed by atoms with Gasteiger partial charge in [-0.15, -0.1) is 0 Å². The number of aliphatic imine (C=N–C) groups is 1. The summed E-state index contributed by atoms with van der Waals surface area (Å²) in [7, 11) is 0. The molecular weight excluding hydrogens is 544 g/mol. The normalized spacial score (nSPS) is 22.8. The van der Waals surface area contributed by atoms with Crippen molar-refractivity contribution >= 4 is 30.0 Å². The van der Waals surface area contributed by atoms with Crippen LogP contribution in [0.2, 0.25) is 0 Å². The van der Waals surface area contributed by atoms with E-state index in [0.717, 1.165) is 11.9 Å². The van der Waals surface area contributed by atoms with E-state index in [-0.39, 0.29) is 41.4 Å². The van der Waals surface area contributed by atoms with Gasteiger partial charge in [0.25, 0.3) is 0 Å². The van der Waals surface area contributed by atoms with Crippen LogP contribution < -0.4 is 11.1 Å². The highest BCUT2D eigenvalue weighted by molar-refractivity contribution is 6.09. The average molecular weight is 581 g/mol. The number of carbonyl (C=O) groups is 3. The van der Waals surface area contributed by atoms with Crippen LogP contribution in [0.25, 0.3) is 0 Å². The second kappa shape index (κ2) is 14.0. The molecule has 0 unspecified atom stereocenters. The molecule has 5 atom stereocenters. The molecule has 1 saturated heterocycles. The minimum atomic E-state index is -2.10. The van der Waals surface area contributed by atoms with E-state index in [4.69, 9.17) is 25.4 Å². The lowest BCUT2D eigenvalue weighted by Gasteiger charge is -2.25. The Bertz CT molecular complexity index is 1350. The molecule has 0 saturated carbocycles. The number of aromatic amines is 1. The number of amides is 1. The third-order valence-electron chi connectivity index (χ3n) is 6.74. The molecule has 0 radical (unpaired) electrons. The van der Waals surface area contributed by atoms with E-state index in [1.165, 1.54) is 12.1 Å². The van der Waals surface area contributed by atoms with E-state index >= 15 is 0 Å². The highest BCUT2D eigenvalue weighted by Gasteiger charge is 2.59. The summed E-state index contributed by atoms with van der Waals surface area (Å²) in [5.74, 6) is -2.42. The first-order valence-electron chi connectivity index (χ1n) is 13.4. The van der Waals surface area contributed by atoms with Crippen LogP contribution in [0.3, 0.4) is 0 Å². The predicted octanol–water partition coefficient (Wildman–Crippen LogP) is 1.30. The van der Waals surface area contributed by atoms with Gasteiger partial charge in [-0.2, -0.15) is 5.26 Å². The summed E-state index contributed by atoms with van der Waals surface area (Å²) >= 11 is 0. The molecule has 1 amide bonds. The molecule has 1 aromatic carbocycles. The zero-order chi connectivity index (χ0) is 31.0. The van der Waals surface area contributed by atoms with Crippen molar-refractivity contribution in [3.8, 4) is 6.07 Å². The third-order valence-corrected chi connectivity index (χ3v) is 6.74. The van der Waals surface area contributed by atoms with Crippen LogP contribution in [0.4, 0.5) is 0 Å². The number of aliphatic hydroxyl groups is 1. The lowest BCUT2D eigenvalue weighted by Crippen LogP contribution is -2.46. The zero-order valence-corrected chi connectivity index (χ0v) is 23.9. The number of nitrogens with two attached hydrogens (primary N) is 1. The maximum absolute atomic E-state index is 12.8. The Balaban J connectivity index is 1.91. The predicted molar refractivity (Wildman–Crippen MR) is 151 cm³/mol. The standard InChI is InChI=1S/C29H36N6O7/c1-16(2)23(32)28(39)41-24-20(13-40-22(36)12-18-8-6-5-7-9-18)42-29(14-30,25(24)37)21-11-10-19(34-21)26(33-15-31)35-27(38)17(3)4/h5-11,15-17,20,23-25,34,37H,12-13,32H2,1-4H3,(H2,31,33,35,38)/t20-,23+,24-,25-,29+/m1/s1. The van der Waals surface area contributed by atoms with Gasteiger partial charge in [0.2, 0.25) is 11.5 Å². The minimum absolute atomic E-state index is 0.00723. The fourth-order valence-electron chi connectivity index (χ4n) is 4.17. The summed E-state index contributed by atoms with van der Waals surface area (Å²) in [5, 5.41) is 31.6. The number of rotatable bonds is 11. The minimum Gasteiger partial charge on any atom is -0.463 e. The van der Waals surface area contributed by atoms with Crippen molar-refractivity contribution in [1.29, 1.82) is 10.7 Å². The van der Waals surface area contributed by atoms with Gasteiger partial charge >= 0.3 is 11.9 Å². The van der Waals surface area contributed by atoms with Crippen molar-refractivity contribution in [1.82, 2.24) is 10.3 Å². The lowest BCUT2D eigenvalue weighted by atomic mass is 9.92. The fourth-order valence-corrected chi connectivity index (χ4v) is 4.17. The van der Waals surface area contributed by atoms with Gasteiger partial charge in [0.15, 0.2) is 11.9 Å². The number of nitriles is 1. The summed E-state index contributed by atoms with van der Waals surface area (Å²) in [6.45, 7) is 6.39. The Morgan fingerprint density at radius 3 is 2.52 bits per heavy atom. The number of benzene rings is 1. The van der Waals surface area contributed by atoms with Gasteiger partial charge in [-0.1, -0.05) is 58.0 Å². The van der Waals surface area contributed by atoms with Gasteiger partial charge in [-0.05, 0) is 23.6 Å². The van der Waals surface area contributed by atoms with Crippen LogP contribution in [0, 0.1) is 28.6 Å². The number of hydrogen-bond acceptors (Lipinski definition) is 10. The van der Waals surface area contributed by atoms with Crippen LogP contribution >= 0.6 is 0 Å². The number of hydrogen-bond donors (Lipinski definition) is 5.